The highest BCUT2D eigenvalue weighted by molar-refractivity contribution is 7.84. The van der Waals surface area contributed by atoms with Gasteiger partial charge in [0.2, 0.25) is 5.91 Å². The Labute approximate surface area is 139 Å². The SMILES string of the molecule is CC(N)CCC(=O)Nc1cccc(CS(=O)c2ccccc2)c1. The Morgan fingerprint density at radius 3 is 2.61 bits per heavy atom. The summed E-state index contributed by atoms with van der Waals surface area (Å²) in [4.78, 5) is 12.6. The van der Waals surface area contributed by atoms with Crippen molar-refractivity contribution >= 4 is 22.4 Å². The van der Waals surface area contributed by atoms with Crippen LogP contribution in [0.3, 0.4) is 0 Å². The maximum atomic E-state index is 12.3. The zero-order valence-corrected chi connectivity index (χ0v) is 14.0. The molecule has 5 heteroatoms. The summed E-state index contributed by atoms with van der Waals surface area (Å²) in [6, 6.07) is 16.9. The maximum absolute atomic E-state index is 12.3. The van der Waals surface area contributed by atoms with Gasteiger partial charge in [-0.05, 0) is 43.2 Å². The summed E-state index contributed by atoms with van der Waals surface area (Å²) in [5, 5.41) is 2.86. The Morgan fingerprint density at radius 2 is 1.91 bits per heavy atom. The molecular formula is C18H22N2O2S. The van der Waals surface area contributed by atoms with E-state index in [9.17, 15) is 9.00 Å². The van der Waals surface area contributed by atoms with Crippen molar-refractivity contribution in [1.29, 1.82) is 0 Å². The standard InChI is InChI=1S/C18H22N2O2S/c1-14(19)10-11-18(21)20-16-7-5-6-15(12-16)13-23(22)17-8-3-2-4-9-17/h2-9,12,14H,10-11,13,19H2,1H3,(H,20,21). The second-order valence-electron chi connectivity index (χ2n) is 5.57. The van der Waals surface area contributed by atoms with Crippen LogP contribution in [-0.2, 0) is 21.3 Å². The number of carbonyl (C=O) groups is 1. The molecule has 1 amide bonds. The molecule has 2 atom stereocenters. The van der Waals surface area contributed by atoms with Crippen molar-refractivity contribution in [3.8, 4) is 0 Å². The topological polar surface area (TPSA) is 72.2 Å². The first-order valence-corrected chi connectivity index (χ1v) is 8.94. The van der Waals surface area contributed by atoms with Gasteiger partial charge in [-0.2, -0.15) is 0 Å². The van der Waals surface area contributed by atoms with Crippen molar-refractivity contribution in [3.63, 3.8) is 0 Å². The van der Waals surface area contributed by atoms with Gasteiger partial charge in [-0.1, -0.05) is 30.3 Å². The Morgan fingerprint density at radius 1 is 1.17 bits per heavy atom. The van der Waals surface area contributed by atoms with E-state index in [1.54, 1.807) is 0 Å². The van der Waals surface area contributed by atoms with Crippen molar-refractivity contribution < 1.29 is 9.00 Å². The monoisotopic (exact) mass is 330 g/mol. The third kappa shape index (κ3) is 5.96. The van der Waals surface area contributed by atoms with E-state index in [2.05, 4.69) is 5.32 Å². The molecule has 2 aromatic carbocycles. The van der Waals surface area contributed by atoms with Crippen LogP contribution in [0.5, 0.6) is 0 Å². The van der Waals surface area contributed by atoms with E-state index in [0.29, 0.717) is 18.6 Å². The number of hydrogen-bond donors (Lipinski definition) is 2. The van der Waals surface area contributed by atoms with Gasteiger partial charge in [0, 0.05) is 23.0 Å². The van der Waals surface area contributed by atoms with Crippen LogP contribution in [0.15, 0.2) is 59.5 Å². The average Bonchev–Trinajstić information content (AvgIpc) is 2.54. The number of nitrogens with one attached hydrogen (secondary N) is 1. The molecule has 2 rings (SSSR count). The fourth-order valence-corrected chi connectivity index (χ4v) is 3.24. The fourth-order valence-electron chi connectivity index (χ4n) is 2.13. The summed E-state index contributed by atoms with van der Waals surface area (Å²) in [6.45, 7) is 1.88. The quantitative estimate of drug-likeness (QED) is 0.819. The van der Waals surface area contributed by atoms with E-state index in [1.165, 1.54) is 0 Å². The lowest BCUT2D eigenvalue weighted by Gasteiger charge is -2.09. The first-order chi connectivity index (χ1) is 11.0. The van der Waals surface area contributed by atoms with Crippen LogP contribution in [0.1, 0.15) is 25.3 Å². The molecule has 2 unspecified atom stereocenters. The van der Waals surface area contributed by atoms with Crippen LogP contribution in [0.25, 0.3) is 0 Å². The van der Waals surface area contributed by atoms with Crippen LogP contribution in [-0.4, -0.2) is 16.2 Å². The van der Waals surface area contributed by atoms with Crippen LogP contribution < -0.4 is 11.1 Å². The van der Waals surface area contributed by atoms with Gasteiger partial charge in [0.1, 0.15) is 0 Å². The smallest absolute Gasteiger partial charge is 0.224 e. The van der Waals surface area contributed by atoms with Crippen molar-refractivity contribution in [1.82, 2.24) is 0 Å². The molecule has 0 heterocycles. The minimum Gasteiger partial charge on any atom is -0.328 e. The van der Waals surface area contributed by atoms with Crippen LogP contribution in [0.4, 0.5) is 5.69 Å². The molecule has 0 spiro atoms. The number of nitrogens with two attached hydrogens (primary N) is 1. The van der Waals surface area contributed by atoms with E-state index in [4.69, 9.17) is 5.73 Å². The Balaban J connectivity index is 1.97. The van der Waals surface area contributed by atoms with Gasteiger partial charge in [0.15, 0.2) is 0 Å². The van der Waals surface area contributed by atoms with Crippen molar-refractivity contribution in [2.75, 3.05) is 5.32 Å². The lowest BCUT2D eigenvalue weighted by atomic mass is 10.2. The second-order valence-corrected chi connectivity index (χ2v) is 7.02. The first-order valence-electron chi connectivity index (χ1n) is 7.62. The molecule has 4 nitrogen and oxygen atoms in total. The van der Waals surface area contributed by atoms with E-state index in [0.717, 1.165) is 16.1 Å². The molecule has 0 saturated heterocycles. The summed E-state index contributed by atoms with van der Waals surface area (Å²) >= 11 is 0. The second kappa shape index (κ2) is 8.60. The molecule has 0 aliphatic carbocycles. The summed E-state index contributed by atoms with van der Waals surface area (Å²) < 4.78 is 12.3. The first kappa shape index (κ1) is 17.4. The molecule has 0 fully saturated rings. The molecule has 0 aliphatic rings. The van der Waals surface area contributed by atoms with Crippen molar-refractivity contribution in [3.05, 3.63) is 60.2 Å². The van der Waals surface area contributed by atoms with Gasteiger partial charge in [0.25, 0.3) is 0 Å². The number of anilines is 1. The zero-order valence-electron chi connectivity index (χ0n) is 13.2. The third-order valence-electron chi connectivity index (χ3n) is 3.34. The van der Waals surface area contributed by atoms with Crippen molar-refractivity contribution in [2.45, 2.75) is 36.5 Å². The van der Waals surface area contributed by atoms with Gasteiger partial charge in [0.05, 0.1) is 16.6 Å². The van der Waals surface area contributed by atoms with Crippen LogP contribution in [0.2, 0.25) is 0 Å². The van der Waals surface area contributed by atoms with Crippen LogP contribution >= 0.6 is 0 Å². The Bertz CT molecular complexity index is 672. The van der Waals surface area contributed by atoms with Gasteiger partial charge >= 0.3 is 0 Å². The molecule has 0 bridgehead atoms. The van der Waals surface area contributed by atoms with Gasteiger partial charge in [-0.25, -0.2) is 0 Å². The number of benzene rings is 2. The number of carbonyl (C=O) groups excluding carboxylic acids is 1. The largest absolute Gasteiger partial charge is 0.328 e. The highest BCUT2D eigenvalue weighted by atomic mass is 32.2. The van der Waals surface area contributed by atoms with E-state index in [-0.39, 0.29) is 11.9 Å². The molecule has 0 aliphatic heterocycles. The highest BCUT2D eigenvalue weighted by Crippen LogP contribution is 2.16. The predicted molar refractivity (Wildman–Crippen MR) is 94.5 cm³/mol. The molecule has 0 saturated carbocycles. The number of hydrogen-bond acceptors (Lipinski definition) is 3. The molecule has 2 aromatic rings. The molecule has 122 valence electrons. The lowest BCUT2D eigenvalue weighted by molar-refractivity contribution is -0.116. The summed E-state index contributed by atoms with van der Waals surface area (Å²) in [7, 11) is -1.09. The maximum Gasteiger partial charge on any atom is 0.224 e. The number of rotatable bonds is 7. The molecule has 23 heavy (non-hydrogen) atoms. The fraction of sp³-hybridized carbons (Fsp3) is 0.278. The predicted octanol–water partition coefficient (Wildman–Crippen LogP) is 3.06. The molecule has 0 aromatic heterocycles. The third-order valence-corrected chi connectivity index (χ3v) is 4.73. The zero-order chi connectivity index (χ0) is 16.7. The average molecular weight is 330 g/mol. The Hall–Kier alpha value is -1.98. The van der Waals surface area contributed by atoms with Gasteiger partial charge in [-0.3, -0.25) is 9.00 Å². The van der Waals surface area contributed by atoms with Gasteiger partial charge < -0.3 is 11.1 Å². The van der Waals surface area contributed by atoms with Gasteiger partial charge in [-0.15, -0.1) is 0 Å². The summed E-state index contributed by atoms with van der Waals surface area (Å²) in [5.74, 6) is 0.372. The molecule has 3 N–H and O–H groups in total. The minimum absolute atomic E-state index is 0.0142. The van der Waals surface area contributed by atoms with Crippen LogP contribution in [0, 0.1) is 0 Å². The molecule has 0 radical (unpaired) electrons. The Kier molecular flexibility index (Phi) is 6.50. The normalized spacial score (nSPS) is 13.3. The molecular weight excluding hydrogens is 308 g/mol. The summed E-state index contributed by atoms with van der Waals surface area (Å²) in [5.41, 5.74) is 7.31. The van der Waals surface area contributed by atoms with E-state index >= 15 is 0 Å². The lowest BCUT2D eigenvalue weighted by Crippen LogP contribution is -2.19. The minimum atomic E-state index is -1.09. The highest BCUT2D eigenvalue weighted by Gasteiger charge is 2.07. The summed E-state index contributed by atoms with van der Waals surface area (Å²) in [6.07, 6.45) is 1.06. The van der Waals surface area contributed by atoms with Crippen molar-refractivity contribution in [2.24, 2.45) is 5.73 Å². The van der Waals surface area contributed by atoms with E-state index < -0.39 is 10.8 Å². The number of amides is 1. The van der Waals surface area contributed by atoms with E-state index in [1.807, 2.05) is 61.5 Å².